The Bertz CT molecular complexity index is 651. The molecule has 2 aromatic heterocycles. The molecule has 8 nitrogen and oxygen atoms in total. The first-order valence-corrected chi connectivity index (χ1v) is 6.28. The van der Waals surface area contributed by atoms with Gasteiger partial charge in [0, 0.05) is 30.3 Å². The topological polar surface area (TPSA) is 103 Å². The van der Waals surface area contributed by atoms with Crippen molar-refractivity contribution < 1.29 is 4.92 Å². The molecule has 0 spiro atoms. The third-order valence-corrected chi connectivity index (χ3v) is 3.11. The lowest BCUT2D eigenvalue weighted by atomic mass is 10.3. The summed E-state index contributed by atoms with van der Waals surface area (Å²) >= 11 is 1.23. The summed E-state index contributed by atoms with van der Waals surface area (Å²) in [5, 5.41) is 18.6. The second-order valence-electron chi connectivity index (χ2n) is 3.70. The maximum Gasteiger partial charge on any atom is 0.332 e. The second kappa shape index (κ2) is 5.57. The van der Waals surface area contributed by atoms with Gasteiger partial charge in [-0.25, -0.2) is 0 Å². The fraction of sp³-hybridized carbons (Fsp3) is 0.300. The van der Waals surface area contributed by atoms with Crippen molar-refractivity contribution in [1.29, 1.82) is 0 Å². The van der Waals surface area contributed by atoms with Crippen LogP contribution in [0.1, 0.15) is 12.6 Å². The highest BCUT2D eigenvalue weighted by Gasteiger charge is 2.13. The SMILES string of the molecule is CCNc1snnc1Cn1ccc(=O)c([N+](=O)[O-])c1. The minimum absolute atomic E-state index is 0.319. The summed E-state index contributed by atoms with van der Waals surface area (Å²) < 4.78 is 5.37. The van der Waals surface area contributed by atoms with Gasteiger partial charge in [0.15, 0.2) is 0 Å². The van der Waals surface area contributed by atoms with E-state index in [0.717, 1.165) is 11.5 Å². The Balaban J connectivity index is 2.28. The minimum atomic E-state index is -0.691. The van der Waals surface area contributed by atoms with Gasteiger partial charge < -0.3 is 9.88 Å². The molecule has 0 saturated carbocycles. The monoisotopic (exact) mass is 281 g/mol. The van der Waals surface area contributed by atoms with E-state index in [0.29, 0.717) is 12.2 Å². The van der Waals surface area contributed by atoms with Crippen LogP contribution in [0.5, 0.6) is 0 Å². The molecule has 19 heavy (non-hydrogen) atoms. The van der Waals surface area contributed by atoms with Crippen molar-refractivity contribution in [2.45, 2.75) is 13.5 Å². The van der Waals surface area contributed by atoms with Crippen LogP contribution in [0.4, 0.5) is 10.7 Å². The lowest BCUT2D eigenvalue weighted by Gasteiger charge is -2.05. The van der Waals surface area contributed by atoms with Gasteiger partial charge in [-0.3, -0.25) is 14.9 Å². The molecule has 2 rings (SSSR count). The molecule has 1 N–H and O–H groups in total. The first-order chi connectivity index (χ1) is 9.11. The van der Waals surface area contributed by atoms with Crippen LogP contribution in [0, 0.1) is 10.1 Å². The molecule has 0 aromatic carbocycles. The lowest BCUT2D eigenvalue weighted by molar-refractivity contribution is -0.386. The number of aromatic nitrogens is 3. The zero-order valence-electron chi connectivity index (χ0n) is 10.1. The van der Waals surface area contributed by atoms with Gasteiger partial charge in [0.25, 0.3) is 5.43 Å². The molecule has 0 atom stereocenters. The van der Waals surface area contributed by atoms with E-state index in [1.54, 1.807) is 0 Å². The van der Waals surface area contributed by atoms with E-state index in [1.165, 1.54) is 34.6 Å². The average molecular weight is 281 g/mol. The summed E-state index contributed by atoms with van der Waals surface area (Å²) in [6.07, 6.45) is 2.70. The van der Waals surface area contributed by atoms with Crippen molar-refractivity contribution >= 4 is 22.2 Å². The van der Waals surface area contributed by atoms with Gasteiger partial charge in [0.2, 0.25) is 0 Å². The lowest BCUT2D eigenvalue weighted by Crippen LogP contribution is -2.12. The van der Waals surface area contributed by atoms with Crippen LogP contribution in [0.3, 0.4) is 0 Å². The number of hydrogen-bond acceptors (Lipinski definition) is 7. The number of nitrogens with one attached hydrogen (secondary N) is 1. The van der Waals surface area contributed by atoms with Gasteiger partial charge in [-0.15, -0.1) is 5.10 Å². The van der Waals surface area contributed by atoms with Crippen LogP contribution in [0.25, 0.3) is 0 Å². The van der Waals surface area contributed by atoms with E-state index in [4.69, 9.17) is 0 Å². The van der Waals surface area contributed by atoms with Crippen molar-refractivity contribution in [3.8, 4) is 0 Å². The van der Waals surface area contributed by atoms with Crippen molar-refractivity contribution in [3.05, 3.63) is 44.5 Å². The largest absolute Gasteiger partial charge is 0.374 e. The Labute approximate surface area is 112 Å². The van der Waals surface area contributed by atoms with E-state index in [9.17, 15) is 14.9 Å². The summed E-state index contributed by atoms with van der Waals surface area (Å²) in [5.74, 6) is 0. The predicted octanol–water partition coefficient (Wildman–Crippen LogP) is 1.09. The number of nitrogens with zero attached hydrogens (tertiary/aromatic N) is 4. The fourth-order valence-electron chi connectivity index (χ4n) is 1.53. The van der Waals surface area contributed by atoms with Gasteiger partial charge >= 0.3 is 5.69 Å². The molecule has 0 radical (unpaired) electrons. The molecule has 2 aromatic rings. The van der Waals surface area contributed by atoms with Crippen LogP contribution in [0.15, 0.2) is 23.3 Å². The number of nitro groups is 1. The normalized spacial score (nSPS) is 10.4. The van der Waals surface area contributed by atoms with Crippen LogP contribution in [0.2, 0.25) is 0 Å². The highest BCUT2D eigenvalue weighted by atomic mass is 32.1. The molecule has 9 heteroatoms. The van der Waals surface area contributed by atoms with E-state index >= 15 is 0 Å². The molecular formula is C10H11N5O3S. The molecule has 0 bridgehead atoms. The minimum Gasteiger partial charge on any atom is -0.374 e. The van der Waals surface area contributed by atoms with Crippen molar-refractivity contribution in [2.75, 3.05) is 11.9 Å². The van der Waals surface area contributed by atoms with E-state index < -0.39 is 16.0 Å². The highest BCUT2D eigenvalue weighted by molar-refractivity contribution is 7.10. The third-order valence-electron chi connectivity index (χ3n) is 2.38. The Morgan fingerprint density at radius 3 is 3.05 bits per heavy atom. The summed E-state index contributed by atoms with van der Waals surface area (Å²) in [6, 6.07) is 1.17. The number of rotatable bonds is 5. The summed E-state index contributed by atoms with van der Waals surface area (Å²) in [6.45, 7) is 3.01. The van der Waals surface area contributed by atoms with Gasteiger partial charge in [-0.2, -0.15) is 0 Å². The molecule has 0 unspecified atom stereocenters. The molecule has 100 valence electrons. The van der Waals surface area contributed by atoms with Crippen LogP contribution >= 0.6 is 11.5 Å². The summed E-state index contributed by atoms with van der Waals surface area (Å²) in [7, 11) is 0. The molecular weight excluding hydrogens is 270 g/mol. The Kier molecular flexibility index (Phi) is 3.85. The zero-order chi connectivity index (χ0) is 13.8. The molecule has 0 amide bonds. The third kappa shape index (κ3) is 2.94. The van der Waals surface area contributed by atoms with Crippen LogP contribution in [-0.4, -0.2) is 25.6 Å². The van der Waals surface area contributed by atoms with Crippen LogP contribution in [-0.2, 0) is 6.54 Å². The van der Waals surface area contributed by atoms with E-state index in [1.807, 2.05) is 6.92 Å². The number of pyridine rings is 1. The van der Waals surface area contributed by atoms with Gasteiger partial charge in [0.05, 0.1) is 17.7 Å². The molecule has 0 aliphatic rings. The summed E-state index contributed by atoms with van der Waals surface area (Å²) in [4.78, 5) is 21.3. The maximum atomic E-state index is 11.3. The standard InChI is InChI=1S/C10H11N5O3S/c1-2-11-10-7(12-13-19-10)5-14-4-3-9(16)8(6-14)15(17)18/h3-4,6,11H,2,5H2,1H3. The first kappa shape index (κ1) is 13.1. The van der Waals surface area contributed by atoms with Crippen LogP contribution < -0.4 is 10.7 Å². The molecule has 2 heterocycles. The van der Waals surface area contributed by atoms with Crippen molar-refractivity contribution in [2.24, 2.45) is 0 Å². The molecule has 0 aliphatic carbocycles. The quantitative estimate of drug-likeness (QED) is 0.650. The molecule has 0 aliphatic heterocycles. The first-order valence-electron chi connectivity index (χ1n) is 5.51. The van der Waals surface area contributed by atoms with Gasteiger partial charge in [0.1, 0.15) is 10.7 Å². The Morgan fingerprint density at radius 1 is 1.58 bits per heavy atom. The van der Waals surface area contributed by atoms with E-state index in [2.05, 4.69) is 14.9 Å². The summed E-state index contributed by atoms with van der Waals surface area (Å²) in [5.41, 5.74) is -0.370. The Hall–Kier alpha value is -2.29. The van der Waals surface area contributed by atoms with Crippen molar-refractivity contribution in [3.63, 3.8) is 0 Å². The molecule has 0 fully saturated rings. The van der Waals surface area contributed by atoms with Crippen molar-refractivity contribution in [1.82, 2.24) is 14.2 Å². The second-order valence-corrected chi connectivity index (χ2v) is 4.46. The Morgan fingerprint density at radius 2 is 2.37 bits per heavy atom. The average Bonchev–Trinajstić information content (AvgIpc) is 2.79. The molecule has 0 saturated heterocycles. The smallest absolute Gasteiger partial charge is 0.332 e. The number of hydrogen-bond donors (Lipinski definition) is 1. The number of anilines is 1. The van der Waals surface area contributed by atoms with E-state index in [-0.39, 0.29) is 0 Å². The van der Waals surface area contributed by atoms with Gasteiger partial charge in [-0.05, 0) is 6.92 Å². The predicted molar refractivity (Wildman–Crippen MR) is 70.5 cm³/mol. The fourth-order valence-corrected chi connectivity index (χ4v) is 2.17. The maximum absolute atomic E-state index is 11.3. The zero-order valence-corrected chi connectivity index (χ0v) is 10.9. The van der Waals surface area contributed by atoms with Gasteiger partial charge in [-0.1, -0.05) is 4.49 Å². The highest BCUT2D eigenvalue weighted by Crippen LogP contribution is 2.18.